The van der Waals surface area contributed by atoms with Gasteiger partial charge in [-0.2, -0.15) is 5.10 Å². The van der Waals surface area contributed by atoms with Crippen LogP contribution >= 0.6 is 11.6 Å². The van der Waals surface area contributed by atoms with Gasteiger partial charge in [-0.3, -0.25) is 4.68 Å². The molecule has 2 rings (SSSR count). The zero-order valence-corrected chi connectivity index (χ0v) is 13.1. The smallest absolute Gasteiger partial charge is 0.150 e. The van der Waals surface area contributed by atoms with Crippen molar-refractivity contribution in [3.05, 3.63) is 28.3 Å². The first kappa shape index (κ1) is 15.5. The van der Waals surface area contributed by atoms with Gasteiger partial charge in [-0.05, 0) is 13.8 Å². The van der Waals surface area contributed by atoms with Crippen LogP contribution in [-0.2, 0) is 17.8 Å². The molecule has 0 saturated carbocycles. The lowest BCUT2D eigenvalue weighted by atomic mass is 10.2. The predicted octanol–water partition coefficient (Wildman–Crippen LogP) is 1.78. The molecular formula is C13H19ClN6O. The van der Waals surface area contributed by atoms with Crippen LogP contribution in [-0.4, -0.2) is 33.5 Å². The second kappa shape index (κ2) is 6.73. The average Bonchev–Trinajstić information content (AvgIpc) is 2.73. The van der Waals surface area contributed by atoms with Crippen molar-refractivity contribution in [1.29, 1.82) is 0 Å². The lowest BCUT2D eigenvalue weighted by molar-refractivity contribution is 0.182. The summed E-state index contributed by atoms with van der Waals surface area (Å²) >= 11 is 6.06. The number of nitrogens with one attached hydrogen (secondary N) is 1. The zero-order chi connectivity index (χ0) is 15.4. The maximum atomic E-state index is 6.06. The van der Waals surface area contributed by atoms with Gasteiger partial charge in [-0.25, -0.2) is 9.97 Å². The van der Waals surface area contributed by atoms with Gasteiger partial charge in [-0.1, -0.05) is 11.6 Å². The molecule has 0 aliphatic carbocycles. The molecule has 0 aliphatic heterocycles. The molecule has 0 aromatic carbocycles. The first-order valence-electron chi connectivity index (χ1n) is 6.56. The third-order valence-corrected chi connectivity index (χ3v) is 3.66. The Hall–Kier alpha value is -1.86. The fourth-order valence-corrected chi connectivity index (χ4v) is 2.23. The van der Waals surface area contributed by atoms with Crippen LogP contribution < -0.4 is 11.1 Å². The van der Waals surface area contributed by atoms with E-state index < -0.39 is 0 Å². The van der Waals surface area contributed by atoms with Crippen LogP contribution in [0.2, 0.25) is 5.02 Å². The Morgan fingerprint density at radius 1 is 1.38 bits per heavy atom. The molecule has 2 aromatic rings. The van der Waals surface area contributed by atoms with Gasteiger partial charge in [0.1, 0.15) is 17.2 Å². The molecule has 0 amide bonds. The summed E-state index contributed by atoms with van der Waals surface area (Å²) in [4.78, 5) is 7.92. The fourth-order valence-electron chi connectivity index (χ4n) is 2.06. The van der Waals surface area contributed by atoms with Crippen LogP contribution in [0.4, 0.5) is 11.6 Å². The summed E-state index contributed by atoms with van der Waals surface area (Å²) in [7, 11) is 1.68. The zero-order valence-electron chi connectivity index (χ0n) is 12.4. The van der Waals surface area contributed by atoms with Crippen molar-refractivity contribution < 1.29 is 4.74 Å². The monoisotopic (exact) mass is 310 g/mol. The molecule has 0 unspecified atom stereocenters. The number of nitrogens with zero attached hydrogens (tertiary/aromatic N) is 4. The number of methoxy groups -OCH3 is 1. The average molecular weight is 311 g/mol. The molecule has 114 valence electrons. The number of hydrogen-bond donors (Lipinski definition) is 2. The highest BCUT2D eigenvalue weighted by molar-refractivity contribution is 6.35. The Morgan fingerprint density at radius 3 is 2.86 bits per heavy atom. The Kier molecular flexibility index (Phi) is 4.98. The summed E-state index contributed by atoms with van der Waals surface area (Å²) in [5.41, 5.74) is 8.83. The van der Waals surface area contributed by atoms with Gasteiger partial charge in [0.05, 0.1) is 18.8 Å². The van der Waals surface area contributed by atoms with E-state index >= 15 is 0 Å². The SMILES string of the molecule is COCCn1nc(C)c(CNc2ncnc(N)c2Cl)c1C. The number of aromatic nitrogens is 4. The lowest BCUT2D eigenvalue weighted by Crippen LogP contribution is -2.09. The molecule has 0 aliphatic rings. The van der Waals surface area contributed by atoms with Crippen LogP contribution in [0.5, 0.6) is 0 Å². The summed E-state index contributed by atoms with van der Waals surface area (Å²) in [6.45, 7) is 5.93. The van der Waals surface area contributed by atoms with Gasteiger partial charge >= 0.3 is 0 Å². The van der Waals surface area contributed by atoms with Crippen LogP contribution in [0.3, 0.4) is 0 Å². The molecule has 0 fully saturated rings. The maximum absolute atomic E-state index is 6.06. The molecule has 8 heteroatoms. The highest BCUT2D eigenvalue weighted by atomic mass is 35.5. The first-order chi connectivity index (χ1) is 10.0. The largest absolute Gasteiger partial charge is 0.383 e. The standard InChI is InChI=1S/C13H19ClN6O/c1-8-10(9(2)20(19-8)4-5-21-3)6-16-13-11(14)12(15)17-7-18-13/h7H,4-6H2,1-3H3,(H3,15,16,17,18). The van der Waals surface area contributed by atoms with Crippen molar-refractivity contribution in [2.24, 2.45) is 0 Å². The van der Waals surface area contributed by atoms with Crippen LogP contribution in [0.1, 0.15) is 17.0 Å². The molecule has 0 atom stereocenters. The molecular weight excluding hydrogens is 292 g/mol. The number of nitrogens with two attached hydrogens (primary N) is 1. The first-order valence-corrected chi connectivity index (χ1v) is 6.94. The highest BCUT2D eigenvalue weighted by Gasteiger charge is 2.13. The van der Waals surface area contributed by atoms with Crippen molar-refractivity contribution in [2.75, 3.05) is 24.8 Å². The topological polar surface area (TPSA) is 90.9 Å². The summed E-state index contributed by atoms with van der Waals surface area (Å²) in [5.74, 6) is 0.783. The quantitative estimate of drug-likeness (QED) is 0.845. The molecule has 0 spiro atoms. The third-order valence-electron chi connectivity index (χ3n) is 3.29. The third kappa shape index (κ3) is 3.43. The van der Waals surface area contributed by atoms with Crippen molar-refractivity contribution in [3.8, 4) is 0 Å². The van der Waals surface area contributed by atoms with Crippen LogP contribution in [0.25, 0.3) is 0 Å². The number of hydrogen-bond acceptors (Lipinski definition) is 6. The van der Waals surface area contributed by atoms with E-state index in [9.17, 15) is 0 Å². The van der Waals surface area contributed by atoms with Gasteiger partial charge < -0.3 is 15.8 Å². The van der Waals surface area contributed by atoms with E-state index in [0.29, 0.717) is 24.0 Å². The van der Waals surface area contributed by atoms with Crippen LogP contribution in [0, 0.1) is 13.8 Å². The molecule has 3 N–H and O–H groups in total. The maximum Gasteiger partial charge on any atom is 0.150 e. The summed E-state index contributed by atoms with van der Waals surface area (Å²) < 4.78 is 7.02. The second-order valence-electron chi connectivity index (χ2n) is 4.64. The molecule has 21 heavy (non-hydrogen) atoms. The minimum absolute atomic E-state index is 0.262. The van der Waals surface area contributed by atoms with E-state index in [2.05, 4.69) is 20.4 Å². The van der Waals surface area contributed by atoms with Gasteiger partial charge in [-0.15, -0.1) is 0 Å². The fraction of sp³-hybridized carbons (Fsp3) is 0.462. The van der Waals surface area contributed by atoms with Gasteiger partial charge in [0.2, 0.25) is 0 Å². The molecule has 0 radical (unpaired) electrons. The minimum Gasteiger partial charge on any atom is -0.383 e. The Labute approximate surface area is 128 Å². The van der Waals surface area contributed by atoms with Crippen molar-refractivity contribution in [1.82, 2.24) is 19.7 Å². The highest BCUT2D eigenvalue weighted by Crippen LogP contribution is 2.24. The van der Waals surface area contributed by atoms with E-state index in [-0.39, 0.29) is 5.82 Å². The number of aryl methyl sites for hydroxylation is 1. The molecule has 2 aromatic heterocycles. The summed E-state index contributed by atoms with van der Waals surface area (Å²) in [6, 6.07) is 0. The lowest BCUT2D eigenvalue weighted by Gasteiger charge is -2.09. The number of nitrogen functional groups attached to an aromatic ring is 1. The summed E-state index contributed by atoms with van der Waals surface area (Å²) in [6.07, 6.45) is 1.38. The Morgan fingerprint density at radius 2 is 2.14 bits per heavy atom. The Balaban J connectivity index is 2.13. The van der Waals surface area contributed by atoms with E-state index in [4.69, 9.17) is 22.1 Å². The number of rotatable bonds is 6. The normalized spacial score (nSPS) is 10.9. The minimum atomic E-state index is 0.262. The molecule has 0 bridgehead atoms. The van der Waals surface area contributed by atoms with Crippen molar-refractivity contribution in [3.63, 3.8) is 0 Å². The molecule has 7 nitrogen and oxygen atoms in total. The molecule has 0 saturated heterocycles. The second-order valence-corrected chi connectivity index (χ2v) is 5.02. The number of halogens is 1. The van der Waals surface area contributed by atoms with Crippen LogP contribution in [0.15, 0.2) is 6.33 Å². The number of ether oxygens (including phenoxy) is 1. The number of anilines is 2. The van der Waals surface area contributed by atoms with E-state index in [1.54, 1.807) is 7.11 Å². The van der Waals surface area contributed by atoms with Gasteiger partial charge in [0.25, 0.3) is 0 Å². The molecule has 2 heterocycles. The summed E-state index contributed by atoms with van der Waals surface area (Å²) in [5, 5.41) is 8.01. The van der Waals surface area contributed by atoms with Crippen molar-refractivity contribution in [2.45, 2.75) is 26.9 Å². The van der Waals surface area contributed by atoms with Crippen molar-refractivity contribution >= 4 is 23.2 Å². The predicted molar refractivity (Wildman–Crippen MR) is 82.4 cm³/mol. The van der Waals surface area contributed by atoms with E-state index in [1.165, 1.54) is 6.33 Å². The van der Waals surface area contributed by atoms with Gasteiger partial charge in [0.15, 0.2) is 5.82 Å². The Bertz CT molecular complexity index is 627. The van der Waals surface area contributed by atoms with Gasteiger partial charge in [0, 0.05) is 24.9 Å². The van der Waals surface area contributed by atoms with E-state index in [1.807, 2.05) is 18.5 Å². The van der Waals surface area contributed by atoms with E-state index in [0.717, 1.165) is 23.5 Å².